The maximum absolute atomic E-state index is 12.2. The molecule has 1 aromatic heterocycles. The van der Waals surface area contributed by atoms with E-state index < -0.39 is 0 Å². The maximum Gasteiger partial charge on any atom is 0.243 e. The Labute approximate surface area is 226 Å². The number of imidazole rings is 1. The van der Waals surface area contributed by atoms with E-state index in [1.807, 2.05) is 42.5 Å². The summed E-state index contributed by atoms with van der Waals surface area (Å²) in [6.07, 6.45) is 7.06. The van der Waals surface area contributed by atoms with Gasteiger partial charge >= 0.3 is 0 Å². The summed E-state index contributed by atoms with van der Waals surface area (Å²) in [6.45, 7) is 8.73. The molecule has 1 heterocycles. The first-order valence-corrected chi connectivity index (χ1v) is 13.7. The maximum atomic E-state index is 12.2. The Morgan fingerprint density at radius 3 is 2.61 bits per heavy atom. The van der Waals surface area contributed by atoms with Crippen LogP contribution in [0.2, 0.25) is 0 Å². The number of unbranched alkanes of at least 4 members (excludes halogenated alkanes) is 1. The Bertz CT molecular complexity index is 1360. The standard InChI is InChI=1S/C33H39N3O2/c1-25(2)28-19-17-26(3)24-31(28)38-23-10-9-22-36-30-15-8-7-14-29(30)35-32(36)16-11-21-34-33(37)20-18-27-12-5-4-6-13-27/h4-8,12-15,17-20,24-25H,9-11,16,21-23H2,1-3H3,(H,34,37)/b20-18+. The number of nitrogens with one attached hydrogen (secondary N) is 1. The van der Waals surface area contributed by atoms with Crippen molar-refractivity contribution in [3.05, 3.63) is 101 Å². The third kappa shape index (κ3) is 7.58. The Kier molecular flexibility index (Phi) is 9.74. The average molecular weight is 510 g/mol. The van der Waals surface area contributed by atoms with Crippen molar-refractivity contribution in [3.8, 4) is 5.75 Å². The van der Waals surface area contributed by atoms with Crippen LogP contribution in [0.3, 0.4) is 0 Å². The minimum Gasteiger partial charge on any atom is -0.493 e. The lowest BCUT2D eigenvalue weighted by atomic mass is 10.0. The molecule has 4 aromatic rings. The first-order valence-electron chi connectivity index (χ1n) is 13.7. The van der Waals surface area contributed by atoms with Crippen LogP contribution >= 0.6 is 0 Å². The SMILES string of the molecule is Cc1ccc(C(C)C)c(OCCCCn2c(CCCNC(=O)/C=C/c3ccccc3)nc3ccccc32)c1. The number of benzene rings is 3. The molecule has 0 radical (unpaired) electrons. The zero-order chi connectivity index (χ0) is 26.7. The molecule has 0 unspecified atom stereocenters. The van der Waals surface area contributed by atoms with Gasteiger partial charge in [0.25, 0.3) is 0 Å². The summed E-state index contributed by atoms with van der Waals surface area (Å²) >= 11 is 0. The highest BCUT2D eigenvalue weighted by Gasteiger charge is 2.11. The second-order valence-electron chi connectivity index (χ2n) is 10.1. The van der Waals surface area contributed by atoms with Crippen molar-refractivity contribution < 1.29 is 9.53 Å². The fourth-order valence-electron chi connectivity index (χ4n) is 4.62. The first kappa shape index (κ1) is 27.2. The molecule has 5 heteroatoms. The number of hydrogen-bond acceptors (Lipinski definition) is 3. The van der Waals surface area contributed by atoms with Gasteiger partial charge in [-0.3, -0.25) is 4.79 Å². The molecule has 0 atom stereocenters. The minimum absolute atomic E-state index is 0.0726. The highest BCUT2D eigenvalue weighted by molar-refractivity contribution is 5.91. The normalized spacial score (nSPS) is 11.5. The second kappa shape index (κ2) is 13.6. The van der Waals surface area contributed by atoms with Crippen molar-refractivity contribution in [2.45, 2.75) is 58.9 Å². The molecule has 1 amide bonds. The molecule has 0 saturated carbocycles. The molecule has 5 nitrogen and oxygen atoms in total. The summed E-state index contributed by atoms with van der Waals surface area (Å²) in [5.74, 6) is 2.45. The van der Waals surface area contributed by atoms with Gasteiger partial charge in [-0.25, -0.2) is 4.98 Å². The molecule has 0 bridgehead atoms. The largest absolute Gasteiger partial charge is 0.493 e. The van der Waals surface area contributed by atoms with Gasteiger partial charge in [0.05, 0.1) is 17.6 Å². The van der Waals surface area contributed by atoms with Crippen LogP contribution < -0.4 is 10.1 Å². The van der Waals surface area contributed by atoms with Gasteiger partial charge in [0.1, 0.15) is 11.6 Å². The summed E-state index contributed by atoms with van der Waals surface area (Å²) in [5.41, 5.74) is 5.69. The predicted octanol–water partition coefficient (Wildman–Crippen LogP) is 7.09. The fourth-order valence-corrected chi connectivity index (χ4v) is 4.62. The van der Waals surface area contributed by atoms with Crippen molar-refractivity contribution in [3.63, 3.8) is 0 Å². The third-order valence-corrected chi connectivity index (χ3v) is 6.66. The number of carbonyl (C=O) groups excluding carboxylic acids is 1. The van der Waals surface area contributed by atoms with Gasteiger partial charge in [-0.1, -0.05) is 68.4 Å². The van der Waals surface area contributed by atoms with Crippen LogP contribution in [-0.2, 0) is 17.8 Å². The van der Waals surface area contributed by atoms with E-state index in [0.717, 1.165) is 54.9 Å². The summed E-state index contributed by atoms with van der Waals surface area (Å²) < 4.78 is 8.53. The highest BCUT2D eigenvalue weighted by atomic mass is 16.5. The molecule has 38 heavy (non-hydrogen) atoms. The predicted molar refractivity (Wildman–Crippen MR) is 157 cm³/mol. The third-order valence-electron chi connectivity index (χ3n) is 6.66. The van der Waals surface area contributed by atoms with Gasteiger partial charge in [-0.05, 0) is 73.1 Å². The van der Waals surface area contributed by atoms with Gasteiger partial charge in [-0.15, -0.1) is 0 Å². The lowest BCUT2D eigenvalue weighted by Gasteiger charge is -2.15. The number of rotatable bonds is 13. The number of aryl methyl sites for hydroxylation is 3. The molecule has 4 rings (SSSR count). The van der Waals surface area contributed by atoms with Crippen LogP contribution in [0.25, 0.3) is 17.1 Å². The highest BCUT2D eigenvalue weighted by Crippen LogP contribution is 2.27. The topological polar surface area (TPSA) is 56.1 Å². The van der Waals surface area contributed by atoms with Crippen molar-refractivity contribution in [1.29, 1.82) is 0 Å². The quantitative estimate of drug-likeness (QED) is 0.155. The lowest BCUT2D eigenvalue weighted by molar-refractivity contribution is -0.116. The Hall–Kier alpha value is -3.86. The van der Waals surface area contributed by atoms with Gasteiger partial charge in [0, 0.05) is 25.6 Å². The molecule has 3 aromatic carbocycles. The number of ether oxygens (including phenoxy) is 1. The molecule has 0 spiro atoms. The summed E-state index contributed by atoms with van der Waals surface area (Å²) in [4.78, 5) is 17.1. The first-order chi connectivity index (χ1) is 18.5. The summed E-state index contributed by atoms with van der Waals surface area (Å²) in [5, 5.41) is 2.99. The van der Waals surface area contributed by atoms with E-state index in [4.69, 9.17) is 9.72 Å². The van der Waals surface area contributed by atoms with Gasteiger partial charge in [0.2, 0.25) is 5.91 Å². The number of nitrogens with zero attached hydrogens (tertiary/aromatic N) is 2. The van der Waals surface area contributed by atoms with Gasteiger partial charge in [0.15, 0.2) is 0 Å². The number of para-hydroxylation sites is 2. The molecule has 0 aliphatic heterocycles. The van der Waals surface area contributed by atoms with Crippen molar-refractivity contribution in [1.82, 2.24) is 14.9 Å². The summed E-state index contributed by atoms with van der Waals surface area (Å²) in [7, 11) is 0. The zero-order valence-corrected chi connectivity index (χ0v) is 22.8. The van der Waals surface area contributed by atoms with Crippen molar-refractivity contribution >= 4 is 23.0 Å². The molecular formula is C33H39N3O2. The monoisotopic (exact) mass is 509 g/mol. The van der Waals surface area contributed by atoms with Crippen LogP contribution in [0.5, 0.6) is 5.75 Å². The number of carbonyl (C=O) groups is 1. The van der Waals surface area contributed by atoms with E-state index in [0.29, 0.717) is 19.1 Å². The van der Waals surface area contributed by atoms with Crippen LogP contribution in [0.15, 0.2) is 78.9 Å². The van der Waals surface area contributed by atoms with E-state index in [1.54, 1.807) is 6.08 Å². The average Bonchev–Trinajstić information content (AvgIpc) is 3.27. The molecule has 0 fully saturated rings. The van der Waals surface area contributed by atoms with Crippen LogP contribution in [-0.4, -0.2) is 28.6 Å². The fraction of sp³-hybridized carbons (Fsp3) is 0.333. The van der Waals surface area contributed by atoms with E-state index in [-0.39, 0.29) is 5.91 Å². The van der Waals surface area contributed by atoms with E-state index >= 15 is 0 Å². The van der Waals surface area contributed by atoms with Crippen LogP contribution in [0, 0.1) is 6.92 Å². The smallest absolute Gasteiger partial charge is 0.243 e. The lowest BCUT2D eigenvalue weighted by Crippen LogP contribution is -2.22. The summed E-state index contributed by atoms with van der Waals surface area (Å²) in [6, 6.07) is 24.6. The van der Waals surface area contributed by atoms with Crippen LogP contribution in [0.1, 0.15) is 61.5 Å². The van der Waals surface area contributed by atoms with E-state index in [2.05, 4.69) is 67.1 Å². The van der Waals surface area contributed by atoms with Crippen molar-refractivity contribution in [2.24, 2.45) is 0 Å². The number of aromatic nitrogens is 2. The molecule has 1 N–H and O–H groups in total. The number of amides is 1. The van der Waals surface area contributed by atoms with E-state index in [9.17, 15) is 4.79 Å². The van der Waals surface area contributed by atoms with Crippen molar-refractivity contribution in [2.75, 3.05) is 13.2 Å². The second-order valence-corrected chi connectivity index (χ2v) is 10.1. The zero-order valence-electron chi connectivity index (χ0n) is 22.8. The Morgan fingerprint density at radius 1 is 1.00 bits per heavy atom. The molecule has 0 aliphatic carbocycles. The molecule has 0 aliphatic rings. The molecule has 198 valence electrons. The molecular weight excluding hydrogens is 470 g/mol. The number of fused-ring (bicyclic) bond motifs is 1. The van der Waals surface area contributed by atoms with Gasteiger partial charge < -0.3 is 14.6 Å². The molecule has 0 saturated heterocycles. The van der Waals surface area contributed by atoms with Crippen LogP contribution in [0.4, 0.5) is 0 Å². The Balaban J connectivity index is 1.28. The van der Waals surface area contributed by atoms with Gasteiger partial charge in [-0.2, -0.15) is 0 Å². The number of hydrogen-bond donors (Lipinski definition) is 1. The Morgan fingerprint density at radius 2 is 1.79 bits per heavy atom. The minimum atomic E-state index is -0.0726. The van der Waals surface area contributed by atoms with E-state index in [1.165, 1.54) is 16.6 Å².